The van der Waals surface area contributed by atoms with Crippen molar-refractivity contribution in [3.63, 3.8) is 0 Å². The summed E-state index contributed by atoms with van der Waals surface area (Å²) in [5.41, 5.74) is 5.96. The molecule has 0 amide bonds. The predicted octanol–water partition coefficient (Wildman–Crippen LogP) is 3.15. The van der Waals surface area contributed by atoms with Gasteiger partial charge in [-0.3, -0.25) is 0 Å². The fourth-order valence-corrected chi connectivity index (χ4v) is 6.72. The van der Waals surface area contributed by atoms with Crippen LogP contribution in [0.5, 0.6) is 0 Å². The van der Waals surface area contributed by atoms with Gasteiger partial charge < -0.3 is 5.73 Å². The third-order valence-corrected chi connectivity index (χ3v) is 6.70. The van der Waals surface area contributed by atoms with E-state index in [2.05, 4.69) is 5.73 Å². The van der Waals surface area contributed by atoms with Crippen molar-refractivity contribution in [2.75, 3.05) is 0 Å². The van der Waals surface area contributed by atoms with E-state index in [1.165, 1.54) is 38.5 Å². The zero-order valence-corrected chi connectivity index (χ0v) is 11.2. The van der Waals surface area contributed by atoms with Gasteiger partial charge in [-0.2, -0.15) is 0 Å². The molecule has 0 spiro atoms. The van der Waals surface area contributed by atoms with E-state index >= 15 is 0 Å². The standard InChI is InChI=1S/C16H27N/c17-16-9-12-6-13(10-16)8-15(7-12,11-16)14-4-2-1-3-5-14/h12-14H,1-11,17H2/p+1. The van der Waals surface area contributed by atoms with Gasteiger partial charge in [-0.25, -0.2) is 0 Å². The first kappa shape index (κ1) is 10.8. The summed E-state index contributed by atoms with van der Waals surface area (Å²) in [4.78, 5) is 0. The minimum atomic E-state index is 0.515. The zero-order chi connectivity index (χ0) is 11.5. The highest BCUT2D eigenvalue weighted by molar-refractivity contribution is 5.09. The lowest BCUT2D eigenvalue weighted by Gasteiger charge is -2.62. The summed E-state index contributed by atoms with van der Waals surface area (Å²) in [6.07, 6.45) is 16.8. The van der Waals surface area contributed by atoms with Crippen LogP contribution in [0.25, 0.3) is 0 Å². The predicted molar refractivity (Wildman–Crippen MR) is 69.3 cm³/mol. The molecular formula is C16H28N+. The van der Waals surface area contributed by atoms with Crippen LogP contribution in [-0.4, -0.2) is 5.54 Å². The van der Waals surface area contributed by atoms with E-state index in [4.69, 9.17) is 0 Å². The average molecular weight is 234 g/mol. The summed E-state index contributed by atoms with van der Waals surface area (Å²) in [5, 5.41) is 0. The van der Waals surface area contributed by atoms with Gasteiger partial charge in [0.25, 0.3) is 0 Å². The Kier molecular flexibility index (Phi) is 2.23. The summed E-state index contributed by atoms with van der Waals surface area (Å²) in [5.74, 6) is 3.22. The molecule has 0 saturated heterocycles. The second-order valence-electron chi connectivity index (χ2n) is 8.16. The van der Waals surface area contributed by atoms with E-state index in [9.17, 15) is 0 Å². The van der Waals surface area contributed by atoms with Gasteiger partial charge in [-0.15, -0.1) is 0 Å². The Morgan fingerprint density at radius 2 is 1.47 bits per heavy atom. The third kappa shape index (κ3) is 1.61. The van der Waals surface area contributed by atoms with Gasteiger partial charge in [0.2, 0.25) is 0 Å². The molecule has 96 valence electrons. The van der Waals surface area contributed by atoms with Crippen LogP contribution < -0.4 is 5.73 Å². The van der Waals surface area contributed by atoms with Crippen molar-refractivity contribution in [2.24, 2.45) is 23.2 Å². The molecule has 1 heteroatoms. The van der Waals surface area contributed by atoms with Crippen LogP contribution in [0, 0.1) is 23.2 Å². The Morgan fingerprint density at radius 1 is 0.824 bits per heavy atom. The average Bonchev–Trinajstić information content (AvgIpc) is 2.27. The molecule has 3 N–H and O–H groups in total. The van der Waals surface area contributed by atoms with Crippen molar-refractivity contribution in [1.82, 2.24) is 0 Å². The van der Waals surface area contributed by atoms with E-state index < -0.39 is 0 Å². The molecule has 0 aromatic rings. The fourth-order valence-electron chi connectivity index (χ4n) is 6.72. The van der Waals surface area contributed by atoms with E-state index in [0.717, 1.165) is 23.2 Å². The summed E-state index contributed by atoms with van der Waals surface area (Å²) in [6, 6.07) is 0. The molecule has 5 saturated carbocycles. The van der Waals surface area contributed by atoms with Gasteiger partial charge in [0, 0.05) is 19.3 Å². The SMILES string of the molecule is [NH3+]C12CC3CC(C1)CC(C1CCCCC1)(C3)C2. The minimum absolute atomic E-state index is 0.515. The van der Waals surface area contributed by atoms with Crippen molar-refractivity contribution in [3.05, 3.63) is 0 Å². The molecule has 2 unspecified atom stereocenters. The molecule has 0 heterocycles. The second-order valence-corrected chi connectivity index (χ2v) is 8.16. The molecule has 0 aliphatic heterocycles. The van der Waals surface area contributed by atoms with Crippen LogP contribution in [0.15, 0.2) is 0 Å². The van der Waals surface area contributed by atoms with E-state index in [1.54, 1.807) is 32.1 Å². The van der Waals surface area contributed by atoms with Crippen LogP contribution in [0.1, 0.15) is 70.6 Å². The Hall–Kier alpha value is -0.0400. The normalized spacial score (nSPS) is 54.2. The Morgan fingerprint density at radius 3 is 2.06 bits per heavy atom. The number of hydrogen-bond acceptors (Lipinski definition) is 0. The van der Waals surface area contributed by atoms with Crippen molar-refractivity contribution >= 4 is 0 Å². The topological polar surface area (TPSA) is 27.6 Å². The molecular weight excluding hydrogens is 206 g/mol. The number of hydrogen-bond donors (Lipinski definition) is 1. The summed E-state index contributed by atoms with van der Waals surface area (Å²) < 4.78 is 0. The molecule has 17 heavy (non-hydrogen) atoms. The van der Waals surface area contributed by atoms with E-state index in [0.29, 0.717) is 5.54 Å². The Bertz CT molecular complexity index is 301. The zero-order valence-electron chi connectivity index (χ0n) is 11.2. The van der Waals surface area contributed by atoms with Crippen LogP contribution in [0.2, 0.25) is 0 Å². The van der Waals surface area contributed by atoms with Gasteiger partial charge in [0.15, 0.2) is 0 Å². The summed E-state index contributed by atoms with van der Waals surface area (Å²) >= 11 is 0. The largest absolute Gasteiger partial charge is 0.353 e. The maximum Gasteiger partial charge on any atom is 0.0956 e. The number of rotatable bonds is 1. The van der Waals surface area contributed by atoms with Crippen molar-refractivity contribution in [3.8, 4) is 0 Å². The minimum Gasteiger partial charge on any atom is -0.353 e. The molecule has 5 aliphatic carbocycles. The van der Waals surface area contributed by atoms with E-state index in [1.807, 2.05) is 0 Å². The Labute approximate surface area is 106 Å². The maximum atomic E-state index is 4.67. The first-order valence-electron chi connectivity index (χ1n) is 8.03. The lowest BCUT2D eigenvalue weighted by atomic mass is 9.43. The van der Waals surface area contributed by atoms with Gasteiger partial charge in [0.1, 0.15) is 0 Å². The van der Waals surface area contributed by atoms with Gasteiger partial charge >= 0.3 is 0 Å². The lowest BCUT2D eigenvalue weighted by Crippen LogP contribution is -2.79. The van der Waals surface area contributed by atoms with Crippen molar-refractivity contribution < 1.29 is 5.73 Å². The Balaban J connectivity index is 1.64. The first-order valence-corrected chi connectivity index (χ1v) is 8.03. The monoisotopic (exact) mass is 234 g/mol. The molecule has 5 fully saturated rings. The first-order chi connectivity index (χ1) is 8.18. The molecule has 0 aromatic carbocycles. The van der Waals surface area contributed by atoms with Gasteiger partial charge in [-0.1, -0.05) is 19.3 Å². The van der Waals surface area contributed by atoms with Crippen LogP contribution >= 0.6 is 0 Å². The molecule has 4 bridgehead atoms. The van der Waals surface area contributed by atoms with Crippen molar-refractivity contribution in [2.45, 2.75) is 76.2 Å². The van der Waals surface area contributed by atoms with E-state index in [-0.39, 0.29) is 0 Å². The maximum absolute atomic E-state index is 4.67. The highest BCUT2D eigenvalue weighted by Gasteiger charge is 2.60. The molecule has 2 atom stereocenters. The van der Waals surface area contributed by atoms with Gasteiger partial charge in [0.05, 0.1) is 5.54 Å². The number of quaternary nitrogens is 1. The molecule has 5 rings (SSSR count). The summed E-state index contributed by atoms with van der Waals surface area (Å²) in [6.45, 7) is 0. The summed E-state index contributed by atoms with van der Waals surface area (Å²) in [7, 11) is 0. The molecule has 5 aliphatic rings. The highest BCUT2D eigenvalue weighted by Crippen LogP contribution is 2.64. The van der Waals surface area contributed by atoms with Crippen LogP contribution in [0.3, 0.4) is 0 Å². The highest BCUT2D eigenvalue weighted by atomic mass is 14.8. The van der Waals surface area contributed by atoms with Crippen LogP contribution in [-0.2, 0) is 0 Å². The van der Waals surface area contributed by atoms with Gasteiger partial charge in [-0.05, 0) is 55.3 Å². The smallest absolute Gasteiger partial charge is 0.0956 e. The third-order valence-electron chi connectivity index (χ3n) is 6.70. The second kappa shape index (κ2) is 3.50. The quantitative estimate of drug-likeness (QED) is 0.722. The fraction of sp³-hybridized carbons (Fsp3) is 1.00. The van der Waals surface area contributed by atoms with Crippen molar-refractivity contribution in [1.29, 1.82) is 0 Å². The molecule has 1 nitrogen and oxygen atoms in total. The molecule has 0 radical (unpaired) electrons. The lowest BCUT2D eigenvalue weighted by molar-refractivity contribution is -0.511. The molecule has 0 aromatic heterocycles. The van der Waals surface area contributed by atoms with Crippen LogP contribution in [0.4, 0.5) is 0 Å².